The Balaban J connectivity index is 2.39. The van der Waals surface area contributed by atoms with Gasteiger partial charge in [0.25, 0.3) is 0 Å². The van der Waals surface area contributed by atoms with Gasteiger partial charge in [0.15, 0.2) is 0 Å². The second-order valence-electron chi connectivity index (χ2n) is 6.27. The zero-order chi connectivity index (χ0) is 17.0. The summed E-state index contributed by atoms with van der Waals surface area (Å²) >= 11 is 6.33. The Morgan fingerprint density at radius 1 is 1.13 bits per heavy atom. The van der Waals surface area contributed by atoms with Gasteiger partial charge in [0.05, 0.1) is 12.7 Å². The number of benzene rings is 2. The minimum Gasteiger partial charge on any atom is -0.465 e. The summed E-state index contributed by atoms with van der Waals surface area (Å²) in [5, 5.41) is 0.517. The quantitative estimate of drug-likeness (QED) is 0.435. The van der Waals surface area contributed by atoms with Crippen LogP contribution in [0.5, 0.6) is 0 Å². The molecule has 2 rings (SSSR count). The fourth-order valence-corrected chi connectivity index (χ4v) is 2.83. The van der Waals surface area contributed by atoms with Crippen LogP contribution >= 0.6 is 11.6 Å². The molecule has 0 aliphatic rings. The van der Waals surface area contributed by atoms with E-state index >= 15 is 0 Å². The standard InChI is InChI=1S/C19H19ClO2Si/c1-22-19(21)16-8-9-17(18(20)13-16)15-7-5-6-14(12-15)10-11-23(2,3)4/h5-9,12-13H,1-4H3. The van der Waals surface area contributed by atoms with E-state index in [1.54, 1.807) is 12.1 Å². The third-order valence-corrected chi connectivity index (χ3v) is 4.33. The van der Waals surface area contributed by atoms with Crippen LogP contribution in [0.25, 0.3) is 11.1 Å². The Labute approximate surface area is 143 Å². The molecule has 2 aromatic rings. The van der Waals surface area contributed by atoms with Gasteiger partial charge < -0.3 is 4.74 Å². The van der Waals surface area contributed by atoms with Crippen LogP contribution in [0.4, 0.5) is 0 Å². The lowest BCUT2D eigenvalue weighted by molar-refractivity contribution is 0.0601. The predicted octanol–water partition coefficient (Wildman–Crippen LogP) is 5.02. The summed E-state index contributed by atoms with van der Waals surface area (Å²) in [4.78, 5) is 11.6. The van der Waals surface area contributed by atoms with Gasteiger partial charge in [-0.15, -0.1) is 5.54 Å². The van der Waals surface area contributed by atoms with Crippen molar-refractivity contribution in [2.24, 2.45) is 0 Å². The molecule has 23 heavy (non-hydrogen) atoms. The van der Waals surface area contributed by atoms with E-state index in [1.165, 1.54) is 7.11 Å². The summed E-state index contributed by atoms with van der Waals surface area (Å²) in [6.07, 6.45) is 0. The van der Waals surface area contributed by atoms with Crippen LogP contribution in [0.3, 0.4) is 0 Å². The summed E-state index contributed by atoms with van der Waals surface area (Å²) in [6, 6.07) is 13.1. The molecule has 0 unspecified atom stereocenters. The summed E-state index contributed by atoms with van der Waals surface area (Å²) in [5.74, 6) is 2.85. The molecule has 0 amide bonds. The van der Waals surface area contributed by atoms with Gasteiger partial charge >= 0.3 is 5.97 Å². The van der Waals surface area contributed by atoms with Gasteiger partial charge in [-0.2, -0.15) is 0 Å². The Bertz CT molecular complexity index is 795. The molecule has 0 N–H and O–H groups in total. The van der Waals surface area contributed by atoms with Gasteiger partial charge in [-0.3, -0.25) is 0 Å². The molecular weight excluding hydrogens is 324 g/mol. The first-order chi connectivity index (χ1) is 10.8. The highest BCUT2D eigenvalue weighted by Crippen LogP contribution is 2.29. The number of carbonyl (C=O) groups excluding carboxylic acids is 1. The van der Waals surface area contributed by atoms with Crippen LogP contribution < -0.4 is 0 Å². The first kappa shape index (κ1) is 17.3. The van der Waals surface area contributed by atoms with Crippen molar-refractivity contribution in [3.63, 3.8) is 0 Å². The highest BCUT2D eigenvalue weighted by atomic mass is 35.5. The Morgan fingerprint density at radius 2 is 1.87 bits per heavy atom. The number of esters is 1. The maximum atomic E-state index is 11.6. The van der Waals surface area contributed by atoms with Crippen molar-refractivity contribution in [2.75, 3.05) is 7.11 Å². The van der Waals surface area contributed by atoms with Crippen molar-refractivity contribution in [2.45, 2.75) is 19.6 Å². The summed E-state index contributed by atoms with van der Waals surface area (Å²) in [5.41, 5.74) is 6.62. The highest BCUT2D eigenvalue weighted by Gasteiger charge is 2.11. The molecule has 2 aromatic carbocycles. The normalized spacial score (nSPS) is 10.7. The maximum absolute atomic E-state index is 11.6. The van der Waals surface area contributed by atoms with Gasteiger partial charge in [-0.05, 0) is 29.8 Å². The second kappa shape index (κ2) is 7.04. The molecule has 0 aromatic heterocycles. The van der Waals surface area contributed by atoms with Crippen LogP contribution in [0, 0.1) is 11.5 Å². The van der Waals surface area contributed by atoms with E-state index in [0.717, 1.165) is 16.7 Å². The number of rotatable bonds is 2. The molecule has 0 aliphatic heterocycles. The zero-order valence-electron chi connectivity index (χ0n) is 13.7. The molecule has 0 bridgehead atoms. The lowest BCUT2D eigenvalue weighted by Crippen LogP contribution is -2.16. The van der Waals surface area contributed by atoms with E-state index in [2.05, 4.69) is 31.1 Å². The zero-order valence-corrected chi connectivity index (χ0v) is 15.5. The lowest BCUT2D eigenvalue weighted by Gasteiger charge is -2.08. The topological polar surface area (TPSA) is 26.3 Å². The molecule has 0 saturated heterocycles. The number of halogens is 1. The highest BCUT2D eigenvalue weighted by molar-refractivity contribution is 6.83. The molecule has 2 nitrogen and oxygen atoms in total. The SMILES string of the molecule is COC(=O)c1ccc(-c2cccc(C#C[Si](C)(C)C)c2)c(Cl)c1. The van der Waals surface area contributed by atoms with Crippen molar-refractivity contribution in [3.8, 4) is 22.6 Å². The predicted molar refractivity (Wildman–Crippen MR) is 98.5 cm³/mol. The van der Waals surface area contributed by atoms with Crippen molar-refractivity contribution >= 4 is 25.6 Å². The minimum atomic E-state index is -1.41. The van der Waals surface area contributed by atoms with Crippen molar-refractivity contribution in [1.29, 1.82) is 0 Å². The fourth-order valence-electron chi connectivity index (χ4n) is 2.02. The summed E-state index contributed by atoms with van der Waals surface area (Å²) in [6.45, 7) is 6.64. The molecule has 0 fully saturated rings. The van der Waals surface area contributed by atoms with E-state index in [1.807, 2.05) is 30.3 Å². The van der Waals surface area contributed by atoms with Crippen LogP contribution in [-0.4, -0.2) is 21.2 Å². The molecule has 118 valence electrons. The first-order valence-corrected chi connectivity index (χ1v) is 11.2. The maximum Gasteiger partial charge on any atom is 0.337 e. The smallest absolute Gasteiger partial charge is 0.337 e. The van der Waals surface area contributed by atoms with Crippen molar-refractivity contribution < 1.29 is 9.53 Å². The van der Waals surface area contributed by atoms with Crippen molar-refractivity contribution in [3.05, 3.63) is 58.6 Å². The Kier molecular flexibility index (Phi) is 5.30. The third kappa shape index (κ3) is 4.72. The Hall–Kier alpha value is -2.02. The molecule has 0 spiro atoms. The van der Waals surface area contributed by atoms with E-state index in [0.29, 0.717) is 10.6 Å². The minimum absolute atomic E-state index is 0.395. The molecule has 0 radical (unpaired) electrons. The Morgan fingerprint density at radius 3 is 2.48 bits per heavy atom. The van der Waals surface area contributed by atoms with E-state index in [9.17, 15) is 4.79 Å². The van der Waals surface area contributed by atoms with E-state index in [4.69, 9.17) is 16.3 Å². The lowest BCUT2D eigenvalue weighted by atomic mass is 10.0. The number of hydrogen-bond donors (Lipinski definition) is 0. The average molecular weight is 343 g/mol. The van der Waals surface area contributed by atoms with Crippen LogP contribution in [0.15, 0.2) is 42.5 Å². The second-order valence-corrected chi connectivity index (χ2v) is 11.4. The van der Waals surface area contributed by atoms with Crippen LogP contribution in [0.1, 0.15) is 15.9 Å². The molecule has 0 heterocycles. The average Bonchev–Trinajstić information content (AvgIpc) is 2.51. The summed E-state index contributed by atoms with van der Waals surface area (Å²) in [7, 11) is -0.0584. The molecule has 0 atom stereocenters. The number of carbonyl (C=O) groups is 1. The van der Waals surface area contributed by atoms with E-state index < -0.39 is 14.0 Å². The van der Waals surface area contributed by atoms with Gasteiger partial charge in [0.1, 0.15) is 8.07 Å². The fraction of sp³-hybridized carbons (Fsp3) is 0.211. The monoisotopic (exact) mass is 342 g/mol. The molecule has 0 aliphatic carbocycles. The number of hydrogen-bond acceptors (Lipinski definition) is 2. The largest absolute Gasteiger partial charge is 0.465 e. The number of ether oxygens (including phenoxy) is 1. The molecule has 4 heteroatoms. The van der Waals surface area contributed by atoms with Gasteiger partial charge in [-0.25, -0.2) is 4.79 Å². The molecular formula is C19H19ClO2Si. The van der Waals surface area contributed by atoms with Gasteiger partial charge in [-0.1, -0.05) is 55.4 Å². The first-order valence-electron chi connectivity index (χ1n) is 7.31. The van der Waals surface area contributed by atoms with E-state index in [-0.39, 0.29) is 0 Å². The number of methoxy groups -OCH3 is 1. The summed E-state index contributed by atoms with van der Waals surface area (Å²) < 4.78 is 4.71. The van der Waals surface area contributed by atoms with Gasteiger partial charge in [0, 0.05) is 16.1 Å². The van der Waals surface area contributed by atoms with Crippen molar-refractivity contribution in [1.82, 2.24) is 0 Å². The van der Waals surface area contributed by atoms with Crippen LogP contribution in [-0.2, 0) is 4.74 Å². The van der Waals surface area contributed by atoms with Gasteiger partial charge in [0.2, 0.25) is 0 Å². The van der Waals surface area contributed by atoms with Crippen LogP contribution in [0.2, 0.25) is 24.7 Å². The molecule has 0 saturated carbocycles. The third-order valence-electron chi connectivity index (χ3n) is 3.15.